The molecule has 2 heterocycles. The molecule has 2 aromatic rings. The zero-order valence-corrected chi connectivity index (χ0v) is 11.2. The smallest absolute Gasteiger partial charge is 0.155 e. The van der Waals surface area contributed by atoms with E-state index in [1.807, 2.05) is 24.3 Å². The quantitative estimate of drug-likeness (QED) is 0.829. The van der Waals surface area contributed by atoms with Crippen molar-refractivity contribution in [3.05, 3.63) is 46.5 Å². The molecule has 1 atom stereocenters. The summed E-state index contributed by atoms with van der Waals surface area (Å²) < 4.78 is 2.08. The molecular weight excluding hydrogens is 246 g/mol. The van der Waals surface area contributed by atoms with Crippen molar-refractivity contribution in [3.8, 4) is 0 Å². The van der Waals surface area contributed by atoms with Crippen molar-refractivity contribution in [2.75, 3.05) is 0 Å². The molecule has 94 valence electrons. The van der Waals surface area contributed by atoms with Gasteiger partial charge < -0.3 is 0 Å². The minimum absolute atomic E-state index is 0.473. The molecule has 1 aliphatic rings. The van der Waals surface area contributed by atoms with E-state index in [2.05, 4.69) is 21.7 Å². The number of hydrogen-bond donors (Lipinski definition) is 0. The standard InChI is InChI=1S/C14H16ClN3/c1-10-5-4-8-14-16-13(17-18(10)14)9-11-6-2-3-7-12(11)15/h2-3,6-7,10H,4-5,8-9H2,1H3. The van der Waals surface area contributed by atoms with Gasteiger partial charge in [0.2, 0.25) is 0 Å². The van der Waals surface area contributed by atoms with Crippen LogP contribution in [-0.4, -0.2) is 14.8 Å². The van der Waals surface area contributed by atoms with Crippen LogP contribution in [0.4, 0.5) is 0 Å². The van der Waals surface area contributed by atoms with E-state index in [-0.39, 0.29) is 0 Å². The second-order valence-electron chi connectivity index (χ2n) is 4.90. The first kappa shape index (κ1) is 11.7. The molecule has 1 unspecified atom stereocenters. The Labute approximate surface area is 112 Å². The minimum Gasteiger partial charge on any atom is -0.247 e. The fraction of sp³-hybridized carbons (Fsp3) is 0.429. The third-order valence-corrected chi connectivity index (χ3v) is 3.86. The van der Waals surface area contributed by atoms with Crippen LogP contribution in [0.25, 0.3) is 0 Å². The van der Waals surface area contributed by atoms with Crippen molar-refractivity contribution < 1.29 is 0 Å². The molecule has 1 aliphatic heterocycles. The first-order valence-corrected chi connectivity index (χ1v) is 6.79. The molecule has 1 aromatic carbocycles. The van der Waals surface area contributed by atoms with E-state index >= 15 is 0 Å². The average Bonchev–Trinajstić information content (AvgIpc) is 2.76. The predicted molar refractivity (Wildman–Crippen MR) is 71.9 cm³/mol. The number of aromatic nitrogens is 3. The Morgan fingerprint density at radius 2 is 2.22 bits per heavy atom. The van der Waals surface area contributed by atoms with Gasteiger partial charge in [-0.15, -0.1) is 0 Å². The molecule has 3 rings (SSSR count). The third kappa shape index (κ3) is 2.15. The summed E-state index contributed by atoms with van der Waals surface area (Å²) in [4.78, 5) is 4.63. The van der Waals surface area contributed by atoms with E-state index in [1.54, 1.807) is 0 Å². The van der Waals surface area contributed by atoms with Gasteiger partial charge in [0, 0.05) is 17.9 Å². The van der Waals surface area contributed by atoms with Gasteiger partial charge in [-0.1, -0.05) is 29.8 Å². The minimum atomic E-state index is 0.473. The molecule has 0 radical (unpaired) electrons. The number of hydrogen-bond acceptors (Lipinski definition) is 2. The summed E-state index contributed by atoms with van der Waals surface area (Å²) in [6.07, 6.45) is 4.17. The highest BCUT2D eigenvalue weighted by atomic mass is 35.5. The van der Waals surface area contributed by atoms with Gasteiger partial charge in [0.15, 0.2) is 5.82 Å². The van der Waals surface area contributed by atoms with Gasteiger partial charge in [-0.25, -0.2) is 9.67 Å². The van der Waals surface area contributed by atoms with E-state index in [0.29, 0.717) is 12.5 Å². The number of benzene rings is 1. The lowest BCUT2D eigenvalue weighted by Crippen LogP contribution is -2.16. The Bertz CT molecular complexity index is 562. The Balaban J connectivity index is 1.88. The number of aryl methyl sites for hydroxylation is 1. The molecule has 0 bridgehead atoms. The maximum absolute atomic E-state index is 6.17. The van der Waals surface area contributed by atoms with Crippen LogP contribution in [0.3, 0.4) is 0 Å². The summed E-state index contributed by atoms with van der Waals surface area (Å²) in [5, 5.41) is 5.41. The predicted octanol–water partition coefficient (Wildman–Crippen LogP) is 3.42. The second kappa shape index (κ2) is 4.73. The summed E-state index contributed by atoms with van der Waals surface area (Å²) in [5.74, 6) is 2.00. The molecule has 0 spiro atoms. The Hall–Kier alpha value is -1.35. The fourth-order valence-corrected chi connectivity index (χ4v) is 2.70. The van der Waals surface area contributed by atoms with Crippen LogP contribution in [0.2, 0.25) is 5.02 Å². The van der Waals surface area contributed by atoms with Crippen molar-refractivity contribution in [2.24, 2.45) is 0 Å². The summed E-state index contributed by atoms with van der Waals surface area (Å²) in [7, 11) is 0. The lowest BCUT2D eigenvalue weighted by Gasteiger charge is -2.18. The number of fused-ring (bicyclic) bond motifs is 1. The van der Waals surface area contributed by atoms with Crippen LogP contribution < -0.4 is 0 Å². The van der Waals surface area contributed by atoms with E-state index in [1.165, 1.54) is 12.8 Å². The number of halogens is 1. The van der Waals surface area contributed by atoms with Gasteiger partial charge in [-0.05, 0) is 31.4 Å². The molecule has 0 N–H and O–H groups in total. The van der Waals surface area contributed by atoms with Gasteiger partial charge >= 0.3 is 0 Å². The maximum Gasteiger partial charge on any atom is 0.155 e. The summed E-state index contributed by atoms with van der Waals surface area (Å²) >= 11 is 6.17. The Morgan fingerprint density at radius 1 is 1.39 bits per heavy atom. The zero-order chi connectivity index (χ0) is 12.5. The summed E-state index contributed by atoms with van der Waals surface area (Å²) in [5.41, 5.74) is 1.09. The first-order chi connectivity index (χ1) is 8.74. The van der Waals surface area contributed by atoms with Crippen LogP contribution in [0, 0.1) is 0 Å². The molecule has 0 amide bonds. The Morgan fingerprint density at radius 3 is 3.00 bits per heavy atom. The van der Waals surface area contributed by atoms with Crippen molar-refractivity contribution in [1.29, 1.82) is 0 Å². The summed E-state index contributed by atoms with van der Waals surface area (Å²) in [6.45, 7) is 2.20. The molecule has 0 saturated heterocycles. The monoisotopic (exact) mass is 261 g/mol. The maximum atomic E-state index is 6.17. The van der Waals surface area contributed by atoms with Crippen molar-refractivity contribution >= 4 is 11.6 Å². The molecule has 0 aliphatic carbocycles. The zero-order valence-electron chi connectivity index (χ0n) is 10.4. The first-order valence-electron chi connectivity index (χ1n) is 6.42. The highest BCUT2D eigenvalue weighted by molar-refractivity contribution is 6.31. The Kier molecular flexibility index (Phi) is 3.08. The fourth-order valence-electron chi connectivity index (χ4n) is 2.49. The molecular formula is C14H16ClN3. The van der Waals surface area contributed by atoms with Crippen LogP contribution in [0.1, 0.15) is 43.0 Å². The third-order valence-electron chi connectivity index (χ3n) is 3.49. The van der Waals surface area contributed by atoms with Crippen LogP contribution in [-0.2, 0) is 12.8 Å². The van der Waals surface area contributed by atoms with E-state index in [4.69, 9.17) is 11.6 Å². The van der Waals surface area contributed by atoms with Crippen molar-refractivity contribution in [1.82, 2.24) is 14.8 Å². The average molecular weight is 262 g/mol. The summed E-state index contributed by atoms with van der Waals surface area (Å²) in [6, 6.07) is 8.36. The van der Waals surface area contributed by atoms with Crippen molar-refractivity contribution in [3.63, 3.8) is 0 Å². The van der Waals surface area contributed by atoms with Crippen LogP contribution in [0.5, 0.6) is 0 Å². The van der Waals surface area contributed by atoms with Crippen molar-refractivity contribution in [2.45, 2.75) is 38.6 Å². The van der Waals surface area contributed by atoms with Gasteiger partial charge in [-0.3, -0.25) is 0 Å². The molecule has 4 heteroatoms. The van der Waals surface area contributed by atoms with E-state index < -0.39 is 0 Å². The molecule has 18 heavy (non-hydrogen) atoms. The van der Waals surface area contributed by atoms with Gasteiger partial charge in [0.25, 0.3) is 0 Å². The van der Waals surface area contributed by atoms with E-state index in [9.17, 15) is 0 Å². The van der Waals surface area contributed by atoms with Gasteiger partial charge in [0.1, 0.15) is 5.82 Å². The number of rotatable bonds is 2. The highest BCUT2D eigenvalue weighted by Crippen LogP contribution is 2.24. The lowest BCUT2D eigenvalue weighted by molar-refractivity contribution is 0.387. The normalized spacial score (nSPS) is 18.7. The van der Waals surface area contributed by atoms with E-state index in [0.717, 1.165) is 28.7 Å². The topological polar surface area (TPSA) is 30.7 Å². The van der Waals surface area contributed by atoms with Gasteiger partial charge in [0.05, 0.1) is 6.04 Å². The van der Waals surface area contributed by atoms with Gasteiger partial charge in [-0.2, -0.15) is 5.10 Å². The van der Waals surface area contributed by atoms with Crippen LogP contribution in [0.15, 0.2) is 24.3 Å². The molecule has 0 saturated carbocycles. The largest absolute Gasteiger partial charge is 0.247 e. The SMILES string of the molecule is CC1CCCc2nc(Cc3ccccc3Cl)nn21. The van der Waals surface area contributed by atoms with Crippen LogP contribution >= 0.6 is 11.6 Å². The molecule has 0 fully saturated rings. The second-order valence-corrected chi connectivity index (χ2v) is 5.31. The highest BCUT2D eigenvalue weighted by Gasteiger charge is 2.19. The molecule has 1 aromatic heterocycles. The molecule has 3 nitrogen and oxygen atoms in total. The number of nitrogens with zero attached hydrogens (tertiary/aromatic N) is 3. The lowest BCUT2D eigenvalue weighted by atomic mass is 10.1.